The van der Waals surface area contributed by atoms with Gasteiger partial charge in [-0.1, -0.05) is 32.0 Å². The monoisotopic (exact) mass is 303 g/mol. The van der Waals surface area contributed by atoms with Gasteiger partial charge in [0.05, 0.1) is 12.8 Å². The van der Waals surface area contributed by atoms with Crippen molar-refractivity contribution in [2.75, 3.05) is 17.7 Å². The Hall–Kier alpha value is -2.50. The fourth-order valence-electron chi connectivity index (χ4n) is 1.88. The van der Waals surface area contributed by atoms with Crippen molar-refractivity contribution in [3.05, 3.63) is 35.6 Å². The molecule has 0 saturated heterocycles. The number of hydrogen-bond acceptors (Lipinski definition) is 4. The number of nitrogens with one attached hydrogen (secondary N) is 2. The second-order valence-corrected chi connectivity index (χ2v) is 6.11. The van der Waals surface area contributed by atoms with Crippen molar-refractivity contribution in [1.29, 1.82) is 0 Å². The van der Waals surface area contributed by atoms with Crippen LogP contribution in [0.4, 0.5) is 16.3 Å². The first-order valence-electron chi connectivity index (χ1n) is 6.99. The highest BCUT2D eigenvalue weighted by molar-refractivity contribution is 6.00. The fraction of sp³-hybridized carbons (Fsp3) is 0.375. The molecule has 2 aromatic rings. The quantitative estimate of drug-likeness (QED) is 0.900. The highest BCUT2D eigenvalue weighted by Gasteiger charge is 2.20. The lowest BCUT2D eigenvalue weighted by molar-refractivity contribution is 0.261. The van der Waals surface area contributed by atoms with Gasteiger partial charge in [0.15, 0.2) is 5.82 Å². The number of methoxy groups -OCH3 is 1. The van der Waals surface area contributed by atoms with Gasteiger partial charge in [0.1, 0.15) is 11.5 Å². The van der Waals surface area contributed by atoms with E-state index in [1.54, 1.807) is 19.2 Å². The van der Waals surface area contributed by atoms with Crippen LogP contribution in [-0.2, 0) is 5.41 Å². The van der Waals surface area contributed by atoms with Gasteiger partial charge in [-0.05, 0) is 24.6 Å². The van der Waals surface area contributed by atoms with Gasteiger partial charge in [-0.2, -0.15) is 0 Å². The molecule has 2 amide bonds. The average molecular weight is 303 g/mol. The van der Waals surface area contributed by atoms with Crippen LogP contribution in [0.5, 0.6) is 5.75 Å². The normalized spacial score (nSPS) is 11.1. The number of hydrogen-bond donors (Lipinski definition) is 2. The topological polar surface area (TPSA) is 76.4 Å². The summed E-state index contributed by atoms with van der Waals surface area (Å²) in [5.74, 6) is 1.67. The number of aryl methyl sites for hydroxylation is 1. The van der Waals surface area contributed by atoms with Crippen LogP contribution < -0.4 is 15.4 Å². The molecule has 6 heteroatoms. The molecule has 1 aromatic carbocycles. The van der Waals surface area contributed by atoms with E-state index in [1.165, 1.54) is 0 Å². The molecular formula is C16H21N3O3. The molecular weight excluding hydrogens is 282 g/mol. The van der Waals surface area contributed by atoms with Crippen molar-refractivity contribution in [2.45, 2.75) is 33.1 Å². The highest BCUT2D eigenvalue weighted by Crippen LogP contribution is 2.26. The van der Waals surface area contributed by atoms with Gasteiger partial charge in [-0.3, -0.25) is 5.32 Å². The first-order chi connectivity index (χ1) is 10.3. The summed E-state index contributed by atoms with van der Waals surface area (Å²) in [6.45, 7) is 7.97. The van der Waals surface area contributed by atoms with Crippen LogP contribution in [0.3, 0.4) is 0 Å². The smallest absolute Gasteiger partial charge is 0.325 e. The predicted molar refractivity (Wildman–Crippen MR) is 85.6 cm³/mol. The van der Waals surface area contributed by atoms with E-state index in [9.17, 15) is 4.79 Å². The molecule has 0 saturated carbocycles. The third kappa shape index (κ3) is 3.78. The van der Waals surface area contributed by atoms with Gasteiger partial charge in [-0.15, -0.1) is 0 Å². The Kier molecular flexibility index (Phi) is 4.40. The van der Waals surface area contributed by atoms with Crippen molar-refractivity contribution in [1.82, 2.24) is 5.16 Å². The second-order valence-electron chi connectivity index (χ2n) is 6.11. The summed E-state index contributed by atoms with van der Waals surface area (Å²) in [7, 11) is 1.56. The number of rotatable bonds is 3. The lowest BCUT2D eigenvalue weighted by Crippen LogP contribution is -2.20. The Morgan fingerprint density at radius 1 is 1.23 bits per heavy atom. The van der Waals surface area contributed by atoms with Crippen LogP contribution in [0, 0.1) is 6.92 Å². The zero-order valence-electron chi connectivity index (χ0n) is 13.5. The van der Waals surface area contributed by atoms with Crippen molar-refractivity contribution in [3.63, 3.8) is 0 Å². The molecule has 0 bridgehead atoms. The number of benzene rings is 1. The van der Waals surface area contributed by atoms with Gasteiger partial charge in [0.25, 0.3) is 0 Å². The van der Waals surface area contributed by atoms with Gasteiger partial charge >= 0.3 is 6.03 Å². The summed E-state index contributed by atoms with van der Waals surface area (Å²) < 4.78 is 10.5. The molecule has 0 aliphatic rings. The number of aromatic nitrogens is 1. The van der Waals surface area contributed by atoms with Crippen molar-refractivity contribution in [3.8, 4) is 5.75 Å². The largest absolute Gasteiger partial charge is 0.495 e. The standard InChI is InChI=1S/C16H21N3O3/c1-10-6-7-12(21-5)11(8-10)17-15(20)18-14-9-13(22-19-14)16(2,3)4/h6-9H,1-5H3,(H2,17,18,19,20). The van der Waals surface area contributed by atoms with E-state index in [1.807, 2.05) is 39.8 Å². The number of nitrogens with zero attached hydrogens (tertiary/aromatic N) is 1. The predicted octanol–water partition coefficient (Wildman–Crippen LogP) is 3.93. The van der Waals surface area contributed by atoms with E-state index in [0.717, 1.165) is 5.56 Å². The average Bonchev–Trinajstić information content (AvgIpc) is 2.87. The summed E-state index contributed by atoms with van der Waals surface area (Å²) in [6, 6.07) is 6.86. The van der Waals surface area contributed by atoms with E-state index in [-0.39, 0.29) is 5.41 Å². The lowest BCUT2D eigenvalue weighted by atomic mass is 9.93. The number of carbonyl (C=O) groups is 1. The van der Waals surface area contributed by atoms with Crippen LogP contribution in [0.1, 0.15) is 32.1 Å². The van der Waals surface area contributed by atoms with Gasteiger partial charge in [0.2, 0.25) is 0 Å². The van der Waals surface area contributed by atoms with Crippen LogP contribution in [0.2, 0.25) is 0 Å². The molecule has 0 fully saturated rings. The molecule has 2 rings (SSSR count). The van der Waals surface area contributed by atoms with E-state index >= 15 is 0 Å². The maximum Gasteiger partial charge on any atom is 0.325 e. The molecule has 118 valence electrons. The number of amides is 2. The van der Waals surface area contributed by atoms with Crippen LogP contribution in [-0.4, -0.2) is 18.3 Å². The first kappa shape index (κ1) is 15.9. The summed E-state index contributed by atoms with van der Waals surface area (Å²) in [4.78, 5) is 12.1. The third-order valence-electron chi connectivity index (χ3n) is 3.09. The first-order valence-corrected chi connectivity index (χ1v) is 6.99. The Balaban J connectivity index is 2.07. The van der Waals surface area contributed by atoms with Crippen molar-refractivity contribution < 1.29 is 14.1 Å². The maximum atomic E-state index is 12.1. The Morgan fingerprint density at radius 2 is 1.95 bits per heavy atom. The molecule has 0 unspecified atom stereocenters. The minimum absolute atomic E-state index is 0.164. The zero-order chi connectivity index (χ0) is 16.3. The van der Waals surface area contributed by atoms with Gasteiger partial charge < -0.3 is 14.6 Å². The molecule has 22 heavy (non-hydrogen) atoms. The summed E-state index contributed by atoms with van der Waals surface area (Å²) >= 11 is 0. The minimum atomic E-state index is -0.405. The number of ether oxygens (including phenoxy) is 1. The molecule has 0 spiro atoms. The van der Waals surface area contributed by atoms with Crippen LogP contribution >= 0.6 is 0 Å². The third-order valence-corrected chi connectivity index (χ3v) is 3.09. The van der Waals surface area contributed by atoms with Gasteiger partial charge in [-0.25, -0.2) is 4.79 Å². The summed E-state index contributed by atoms with van der Waals surface area (Å²) in [6.07, 6.45) is 0. The molecule has 0 aliphatic heterocycles. The van der Waals surface area contributed by atoms with Crippen molar-refractivity contribution >= 4 is 17.5 Å². The van der Waals surface area contributed by atoms with E-state index < -0.39 is 6.03 Å². The number of anilines is 2. The van der Waals surface area contributed by atoms with Crippen LogP contribution in [0.25, 0.3) is 0 Å². The minimum Gasteiger partial charge on any atom is -0.495 e. The highest BCUT2D eigenvalue weighted by atomic mass is 16.5. The van der Waals surface area contributed by atoms with Crippen molar-refractivity contribution in [2.24, 2.45) is 0 Å². The molecule has 6 nitrogen and oxygen atoms in total. The van der Waals surface area contributed by atoms with Crippen LogP contribution in [0.15, 0.2) is 28.8 Å². The van der Waals surface area contributed by atoms with E-state index in [0.29, 0.717) is 23.0 Å². The molecule has 0 radical (unpaired) electrons. The molecule has 1 aromatic heterocycles. The van der Waals surface area contributed by atoms with Gasteiger partial charge in [0, 0.05) is 11.5 Å². The maximum absolute atomic E-state index is 12.1. The summed E-state index contributed by atoms with van der Waals surface area (Å²) in [5, 5.41) is 9.23. The van der Waals surface area contributed by atoms with E-state index in [4.69, 9.17) is 9.26 Å². The zero-order valence-corrected chi connectivity index (χ0v) is 13.5. The Labute approximate surface area is 129 Å². The number of urea groups is 1. The number of carbonyl (C=O) groups excluding carboxylic acids is 1. The lowest BCUT2D eigenvalue weighted by Gasteiger charge is -2.12. The Bertz CT molecular complexity index is 672. The molecule has 0 atom stereocenters. The SMILES string of the molecule is COc1ccc(C)cc1NC(=O)Nc1cc(C(C)(C)C)on1. The molecule has 0 aliphatic carbocycles. The summed E-state index contributed by atoms with van der Waals surface area (Å²) in [5.41, 5.74) is 1.45. The molecule has 1 heterocycles. The Morgan fingerprint density at radius 3 is 2.55 bits per heavy atom. The van der Waals surface area contributed by atoms with E-state index in [2.05, 4.69) is 15.8 Å². The second kappa shape index (κ2) is 6.09. The fourth-order valence-corrected chi connectivity index (χ4v) is 1.88. The molecule has 2 N–H and O–H groups in total.